The Morgan fingerprint density at radius 1 is 1.00 bits per heavy atom. The normalized spacial score (nSPS) is 27.7. The summed E-state index contributed by atoms with van der Waals surface area (Å²) in [7, 11) is 0. The summed E-state index contributed by atoms with van der Waals surface area (Å²) in [4.78, 5) is 0. The fourth-order valence-corrected chi connectivity index (χ4v) is 2.99. The van der Waals surface area contributed by atoms with Gasteiger partial charge in [0.1, 0.15) is 0 Å². The molecule has 1 fully saturated rings. The van der Waals surface area contributed by atoms with E-state index in [4.69, 9.17) is 0 Å². The van der Waals surface area contributed by atoms with Crippen LogP contribution in [-0.2, 0) is 11.0 Å². The van der Waals surface area contributed by atoms with Crippen LogP contribution in [0.2, 0.25) is 0 Å². The van der Waals surface area contributed by atoms with Gasteiger partial charge in [0.2, 0.25) is 0 Å². The quantitative estimate of drug-likeness (QED) is 0.780. The highest BCUT2D eigenvalue weighted by atomic mass is 19.4. The average Bonchev–Trinajstić information content (AvgIpc) is 2.37. The largest absolute Gasteiger partial charge is 0.391 e. The molecule has 0 unspecified atom stereocenters. The monoisotopic (exact) mass is 300 g/mol. The molecule has 0 spiro atoms. The van der Waals surface area contributed by atoms with Gasteiger partial charge < -0.3 is 5.11 Å². The number of benzene rings is 1. The maximum atomic E-state index is 12.7. The molecule has 1 saturated carbocycles. The highest BCUT2D eigenvalue weighted by Gasteiger charge is 2.45. The predicted octanol–water partition coefficient (Wildman–Crippen LogP) is 4.92. The molecule has 0 bridgehead atoms. The fourth-order valence-electron chi connectivity index (χ4n) is 2.99. The number of rotatable bonds is 1. The van der Waals surface area contributed by atoms with Crippen molar-refractivity contribution in [3.8, 4) is 0 Å². The van der Waals surface area contributed by atoms with Crippen LogP contribution in [0.15, 0.2) is 24.3 Å². The molecule has 0 radical (unpaired) electrons. The van der Waals surface area contributed by atoms with Gasteiger partial charge in [-0.1, -0.05) is 45.0 Å². The molecule has 4 heteroatoms. The van der Waals surface area contributed by atoms with Crippen LogP contribution in [-0.4, -0.2) is 11.3 Å². The standard InChI is InChI=1S/C17H23F3O/c1-15(2,3)12-4-6-13(7-5-12)16(21)10-8-14(9-11-16)17(18,19)20/h4-7,14,21H,8-11H2,1-3H3. The fraction of sp³-hybridized carbons (Fsp3) is 0.647. The van der Waals surface area contributed by atoms with E-state index in [0.717, 1.165) is 11.1 Å². The number of hydrogen-bond acceptors (Lipinski definition) is 1. The molecule has 1 aromatic carbocycles. The van der Waals surface area contributed by atoms with Gasteiger partial charge in [-0.3, -0.25) is 0 Å². The minimum absolute atomic E-state index is 0.00101. The van der Waals surface area contributed by atoms with Crippen molar-refractivity contribution in [3.63, 3.8) is 0 Å². The first-order valence-corrected chi connectivity index (χ1v) is 7.42. The van der Waals surface area contributed by atoms with Crippen LogP contribution in [0, 0.1) is 5.92 Å². The van der Waals surface area contributed by atoms with Crippen LogP contribution >= 0.6 is 0 Å². The molecule has 0 aromatic heterocycles. The second kappa shape index (κ2) is 5.31. The third kappa shape index (κ3) is 3.60. The first-order chi connectivity index (χ1) is 9.52. The predicted molar refractivity (Wildman–Crippen MR) is 77.1 cm³/mol. The van der Waals surface area contributed by atoms with E-state index < -0.39 is 17.7 Å². The second-order valence-corrected chi connectivity index (χ2v) is 7.17. The van der Waals surface area contributed by atoms with Gasteiger partial charge >= 0.3 is 6.18 Å². The Hall–Kier alpha value is -1.03. The average molecular weight is 300 g/mol. The zero-order valence-electron chi connectivity index (χ0n) is 12.8. The van der Waals surface area contributed by atoms with Gasteiger partial charge in [0.05, 0.1) is 11.5 Å². The van der Waals surface area contributed by atoms with Crippen molar-refractivity contribution in [1.29, 1.82) is 0 Å². The lowest BCUT2D eigenvalue weighted by molar-refractivity contribution is -0.193. The molecule has 0 amide bonds. The summed E-state index contributed by atoms with van der Waals surface area (Å²) in [5.74, 6) is -1.27. The van der Waals surface area contributed by atoms with Gasteiger partial charge in [0.15, 0.2) is 0 Å². The summed E-state index contributed by atoms with van der Waals surface area (Å²) in [6, 6.07) is 7.63. The van der Waals surface area contributed by atoms with E-state index in [1.165, 1.54) is 0 Å². The Morgan fingerprint density at radius 2 is 1.48 bits per heavy atom. The summed E-state index contributed by atoms with van der Waals surface area (Å²) in [6.07, 6.45) is -3.79. The minimum atomic E-state index is -4.14. The number of aliphatic hydroxyl groups is 1. The van der Waals surface area contributed by atoms with E-state index in [1.54, 1.807) is 0 Å². The van der Waals surface area contributed by atoms with Crippen LogP contribution in [0.3, 0.4) is 0 Å². The van der Waals surface area contributed by atoms with Crippen molar-refractivity contribution in [3.05, 3.63) is 35.4 Å². The van der Waals surface area contributed by atoms with Crippen LogP contribution in [0.1, 0.15) is 57.6 Å². The zero-order valence-corrected chi connectivity index (χ0v) is 12.8. The second-order valence-electron chi connectivity index (χ2n) is 7.17. The van der Waals surface area contributed by atoms with Crippen LogP contribution in [0.5, 0.6) is 0 Å². The summed E-state index contributed by atoms with van der Waals surface area (Å²) >= 11 is 0. The van der Waals surface area contributed by atoms with Crippen LogP contribution in [0.4, 0.5) is 13.2 Å². The van der Waals surface area contributed by atoms with Crippen molar-refractivity contribution in [1.82, 2.24) is 0 Å². The lowest BCUT2D eigenvalue weighted by Crippen LogP contribution is -2.36. The highest BCUT2D eigenvalue weighted by Crippen LogP contribution is 2.45. The highest BCUT2D eigenvalue weighted by molar-refractivity contribution is 5.31. The number of alkyl halides is 3. The topological polar surface area (TPSA) is 20.2 Å². The Kier molecular flexibility index (Phi) is 4.13. The number of halogens is 3. The van der Waals surface area contributed by atoms with E-state index in [-0.39, 0.29) is 31.1 Å². The summed E-state index contributed by atoms with van der Waals surface area (Å²) in [6.45, 7) is 6.31. The molecule has 0 heterocycles. The molecule has 1 aromatic rings. The van der Waals surface area contributed by atoms with Crippen LogP contribution in [0.25, 0.3) is 0 Å². The summed E-state index contributed by atoms with van der Waals surface area (Å²) < 4.78 is 38.1. The van der Waals surface area contributed by atoms with E-state index in [1.807, 2.05) is 24.3 Å². The molecule has 21 heavy (non-hydrogen) atoms. The van der Waals surface area contributed by atoms with E-state index >= 15 is 0 Å². The maximum absolute atomic E-state index is 12.7. The SMILES string of the molecule is CC(C)(C)c1ccc(C2(O)CCC(C(F)(F)F)CC2)cc1. The lowest BCUT2D eigenvalue weighted by Gasteiger charge is -2.37. The van der Waals surface area contributed by atoms with Gasteiger partial charge in [-0.05, 0) is 42.2 Å². The molecule has 1 N–H and O–H groups in total. The minimum Gasteiger partial charge on any atom is -0.385 e. The Morgan fingerprint density at radius 3 is 1.86 bits per heavy atom. The maximum Gasteiger partial charge on any atom is 0.391 e. The van der Waals surface area contributed by atoms with Gasteiger partial charge in [-0.2, -0.15) is 13.2 Å². The van der Waals surface area contributed by atoms with Gasteiger partial charge in [0.25, 0.3) is 0 Å². The van der Waals surface area contributed by atoms with Crippen LogP contribution < -0.4 is 0 Å². The number of hydrogen-bond donors (Lipinski definition) is 1. The molecule has 0 aliphatic heterocycles. The smallest absolute Gasteiger partial charge is 0.385 e. The molecule has 0 atom stereocenters. The first-order valence-electron chi connectivity index (χ1n) is 7.42. The van der Waals surface area contributed by atoms with E-state index in [2.05, 4.69) is 20.8 Å². The van der Waals surface area contributed by atoms with E-state index in [0.29, 0.717) is 0 Å². The van der Waals surface area contributed by atoms with Crippen molar-refractivity contribution in [2.75, 3.05) is 0 Å². The van der Waals surface area contributed by atoms with E-state index in [9.17, 15) is 18.3 Å². The third-order valence-corrected chi connectivity index (χ3v) is 4.56. The van der Waals surface area contributed by atoms with Crippen molar-refractivity contribution < 1.29 is 18.3 Å². The third-order valence-electron chi connectivity index (χ3n) is 4.56. The van der Waals surface area contributed by atoms with Crippen molar-refractivity contribution >= 4 is 0 Å². The van der Waals surface area contributed by atoms with Crippen molar-refractivity contribution in [2.24, 2.45) is 5.92 Å². The molecule has 1 aliphatic rings. The van der Waals surface area contributed by atoms with Gasteiger partial charge in [-0.15, -0.1) is 0 Å². The Bertz CT molecular complexity index is 474. The molecule has 2 rings (SSSR count). The molecule has 0 saturated heterocycles. The van der Waals surface area contributed by atoms with Crippen molar-refractivity contribution in [2.45, 2.75) is 63.6 Å². The summed E-state index contributed by atoms with van der Waals surface area (Å²) in [5, 5.41) is 10.7. The molecular weight excluding hydrogens is 277 g/mol. The molecule has 1 aliphatic carbocycles. The molecular formula is C17H23F3O. The summed E-state index contributed by atoms with van der Waals surface area (Å²) in [5.41, 5.74) is 0.794. The zero-order chi connectivity index (χ0) is 15.9. The Labute approximate surface area is 124 Å². The van der Waals surface area contributed by atoms with Gasteiger partial charge in [0, 0.05) is 0 Å². The van der Waals surface area contributed by atoms with Gasteiger partial charge in [-0.25, -0.2) is 0 Å². The first kappa shape index (κ1) is 16.3. The lowest BCUT2D eigenvalue weighted by atomic mass is 9.74. The Balaban J connectivity index is 2.12. The molecule has 1 nitrogen and oxygen atoms in total. The molecule has 118 valence electrons.